The molecule has 0 aromatic rings. The molecule has 0 aromatic carbocycles. The lowest BCUT2D eigenvalue weighted by atomic mass is 9.96. The molecule has 0 amide bonds. The SMILES string of the molecule is CN1C2CCC1CC1(C2)N[C@H](C(=O)O)CS1. The Morgan fingerprint density at radius 2 is 2.06 bits per heavy atom. The zero-order valence-electron chi connectivity index (χ0n) is 9.48. The summed E-state index contributed by atoms with van der Waals surface area (Å²) in [7, 11) is 2.21. The second kappa shape index (κ2) is 3.62. The lowest BCUT2D eigenvalue weighted by Gasteiger charge is -2.43. The number of carbonyl (C=O) groups is 1. The maximum atomic E-state index is 11.0. The monoisotopic (exact) mass is 242 g/mol. The molecule has 0 saturated carbocycles. The molecular formula is C11H18N2O2S. The summed E-state index contributed by atoms with van der Waals surface area (Å²) in [5, 5.41) is 12.4. The van der Waals surface area contributed by atoms with E-state index in [0.717, 1.165) is 18.6 Å². The van der Waals surface area contributed by atoms with E-state index in [1.165, 1.54) is 12.8 Å². The summed E-state index contributed by atoms with van der Waals surface area (Å²) in [4.78, 5) is 13.5. The fourth-order valence-corrected chi connectivity index (χ4v) is 5.00. The smallest absolute Gasteiger partial charge is 0.321 e. The molecule has 16 heavy (non-hydrogen) atoms. The Morgan fingerprint density at radius 1 is 1.44 bits per heavy atom. The zero-order chi connectivity index (χ0) is 11.3. The number of hydrogen-bond donors (Lipinski definition) is 2. The van der Waals surface area contributed by atoms with Crippen LogP contribution in [0.5, 0.6) is 0 Å². The van der Waals surface area contributed by atoms with E-state index >= 15 is 0 Å². The van der Waals surface area contributed by atoms with Gasteiger partial charge in [-0.25, -0.2) is 0 Å². The van der Waals surface area contributed by atoms with Crippen LogP contribution in [-0.2, 0) is 4.79 Å². The van der Waals surface area contributed by atoms with Crippen LogP contribution >= 0.6 is 11.8 Å². The molecule has 3 saturated heterocycles. The number of rotatable bonds is 1. The molecule has 3 aliphatic heterocycles. The highest BCUT2D eigenvalue weighted by atomic mass is 32.2. The minimum atomic E-state index is -0.698. The molecule has 0 aliphatic carbocycles. The number of thioether (sulfide) groups is 1. The van der Waals surface area contributed by atoms with Crippen molar-refractivity contribution in [1.29, 1.82) is 0 Å². The highest BCUT2D eigenvalue weighted by Gasteiger charge is 2.51. The third-order valence-corrected chi connectivity index (χ3v) is 5.88. The maximum absolute atomic E-state index is 11.0. The number of piperidine rings is 1. The standard InChI is InChI=1S/C11H18N2O2S/c1-13-7-2-3-8(13)5-11(4-7)12-9(6-16-11)10(14)15/h7-9,12H,2-6H2,1H3,(H,14,15)/t7?,8?,9-,11?/m0/s1. The van der Waals surface area contributed by atoms with E-state index in [2.05, 4.69) is 17.3 Å². The quantitative estimate of drug-likeness (QED) is 0.710. The minimum absolute atomic E-state index is 0.0569. The first-order valence-corrected chi connectivity index (χ1v) is 6.95. The Balaban J connectivity index is 1.75. The average Bonchev–Trinajstić information content (AvgIpc) is 2.70. The number of carboxylic acids is 1. The molecule has 2 unspecified atom stereocenters. The van der Waals surface area contributed by atoms with Crippen molar-refractivity contribution in [2.45, 2.75) is 48.7 Å². The normalized spacial score (nSPS) is 47.7. The molecular weight excluding hydrogens is 224 g/mol. The second-order valence-electron chi connectivity index (χ2n) is 5.30. The predicted octanol–water partition coefficient (Wildman–Crippen LogP) is 0.729. The number of hydrogen-bond acceptors (Lipinski definition) is 4. The summed E-state index contributed by atoms with van der Waals surface area (Å²) >= 11 is 1.83. The molecule has 2 bridgehead atoms. The fraction of sp³-hybridized carbons (Fsp3) is 0.909. The molecule has 3 aliphatic rings. The van der Waals surface area contributed by atoms with E-state index in [-0.39, 0.29) is 10.9 Å². The van der Waals surface area contributed by atoms with E-state index in [9.17, 15) is 4.79 Å². The minimum Gasteiger partial charge on any atom is -0.480 e. The van der Waals surface area contributed by atoms with Crippen molar-refractivity contribution in [3.05, 3.63) is 0 Å². The average molecular weight is 242 g/mol. The summed E-state index contributed by atoms with van der Waals surface area (Å²) in [6.07, 6.45) is 4.77. The summed E-state index contributed by atoms with van der Waals surface area (Å²) in [6, 6.07) is 0.977. The van der Waals surface area contributed by atoms with Crippen LogP contribution in [-0.4, -0.2) is 51.8 Å². The highest BCUT2D eigenvalue weighted by molar-refractivity contribution is 8.01. The van der Waals surface area contributed by atoms with Crippen LogP contribution in [0.4, 0.5) is 0 Å². The van der Waals surface area contributed by atoms with Gasteiger partial charge < -0.3 is 10.0 Å². The van der Waals surface area contributed by atoms with E-state index in [4.69, 9.17) is 5.11 Å². The van der Waals surface area contributed by atoms with Gasteiger partial charge in [0.15, 0.2) is 0 Å². The Labute approximate surface area is 99.8 Å². The molecule has 3 heterocycles. The second-order valence-corrected chi connectivity index (χ2v) is 6.70. The number of nitrogens with zero attached hydrogens (tertiary/aromatic N) is 1. The van der Waals surface area contributed by atoms with Gasteiger partial charge in [0, 0.05) is 17.8 Å². The lowest BCUT2D eigenvalue weighted by molar-refractivity contribution is -0.139. The zero-order valence-corrected chi connectivity index (χ0v) is 10.3. The van der Waals surface area contributed by atoms with Gasteiger partial charge in [-0.2, -0.15) is 0 Å². The van der Waals surface area contributed by atoms with E-state index in [1.54, 1.807) is 0 Å². The van der Waals surface area contributed by atoms with Gasteiger partial charge in [0.1, 0.15) is 6.04 Å². The van der Waals surface area contributed by atoms with Gasteiger partial charge in [-0.1, -0.05) is 0 Å². The summed E-state index contributed by atoms with van der Waals surface area (Å²) < 4.78 is 0. The van der Waals surface area contributed by atoms with Gasteiger partial charge in [0.05, 0.1) is 4.87 Å². The van der Waals surface area contributed by atoms with Crippen molar-refractivity contribution in [3.8, 4) is 0 Å². The Morgan fingerprint density at radius 3 is 2.56 bits per heavy atom. The van der Waals surface area contributed by atoms with Crippen molar-refractivity contribution >= 4 is 17.7 Å². The van der Waals surface area contributed by atoms with Crippen LogP contribution in [0.25, 0.3) is 0 Å². The first-order chi connectivity index (χ1) is 7.60. The van der Waals surface area contributed by atoms with Crippen LogP contribution in [0.1, 0.15) is 25.7 Å². The van der Waals surface area contributed by atoms with E-state index < -0.39 is 5.97 Å². The lowest BCUT2D eigenvalue weighted by Crippen LogP contribution is -2.54. The van der Waals surface area contributed by atoms with Gasteiger partial charge in [-0.3, -0.25) is 10.1 Å². The molecule has 3 rings (SSSR count). The topological polar surface area (TPSA) is 52.6 Å². The van der Waals surface area contributed by atoms with Crippen molar-refractivity contribution in [1.82, 2.24) is 10.2 Å². The van der Waals surface area contributed by atoms with Crippen molar-refractivity contribution in [2.75, 3.05) is 12.8 Å². The molecule has 0 radical (unpaired) electrons. The van der Waals surface area contributed by atoms with Gasteiger partial charge in [-0.15, -0.1) is 11.8 Å². The first kappa shape index (κ1) is 10.9. The van der Waals surface area contributed by atoms with Crippen LogP contribution in [0.15, 0.2) is 0 Å². The molecule has 0 aromatic heterocycles. The Hall–Kier alpha value is -0.260. The van der Waals surface area contributed by atoms with Crippen LogP contribution < -0.4 is 5.32 Å². The van der Waals surface area contributed by atoms with E-state index in [1.807, 2.05) is 11.8 Å². The van der Waals surface area contributed by atoms with Gasteiger partial charge in [-0.05, 0) is 32.7 Å². The number of aliphatic carboxylic acids is 1. The van der Waals surface area contributed by atoms with Crippen LogP contribution in [0, 0.1) is 0 Å². The Kier molecular flexibility index (Phi) is 2.46. The summed E-state index contributed by atoms with van der Waals surface area (Å²) in [5.41, 5.74) is 0. The molecule has 3 fully saturated rings. The van der Waals surface area contributed by atoms with Gasteiger partial charge in [0.2, 0.25) is 0 Å². The first-order valence-electron chi connectivity index (χ1n) is 5.96. The van der Waals surface area contributed by atoms with Gasteiger partial charge in [0.25, 0.3) is 0 Å². The highest BCUT2D eigenvalue weighted by Crippen LogP contribution is 2.47. The Bertz CT molecular complexity index is 309. The third kappa shape index (κ3) is 1.57. The molecule has 1 spiro atoms. The molecule has 3 atom stereocenters. The van der Waals surface area contributed by atoms with Crippen LogP contribution in [0.2, 0.25) is 0 Å². The summed E-state index contributed by atoms with van der Waals surface area (Å²) in [6.45, 7) is 0. The van der Waals surface area contributed by atoms with Gasteiger partial charge >= 0.3 is 5.97 Å². The van der Waals surface area contributed by atoms with Crippen molar-refractivity contribution < 1.29 is 9.90 Å². The van der Waals surface area contributed by atoms with Crippen molar-refractivity contribution in [3.63, 3.8) is 0 Å². The number of nitrogens with one attached hydrogen (secondary N) is 1. The van der Waals surface area contributed by atoms with Crippen LogP contribution in [0.3, 0.4) is 0 Å². The molecule has 4 nitrogen and oxygen atoms in total. The number of fused-ring (bicyclic) bond motifs is 2. The number of carboxylic acid groups (broad SMARTS) is 1. The largest absolute Gasteiger partial charge is 0.480 e. The fourth-order valence-electron chi connectivity index (χ4n) is 3.44. The maximum Gasteiger partial charge on any atom is 0.321 e. The molecule has 90 valence electrons. The van der Waals surface area contributed by atoms with E-state index in [0.29, 0.717) is 12.1 Å². The summed E-state index contributed by atoms with van der Waals surface area (Å²) in [5.74, 6) is 0.0222. The molecule has 2 N–H and O–H groups in total. The molecule has 5 heteroatoms. The van der Waals surface area contributed by atoms with Crippen molar-refractivity contribution in [2.24, 2.45) is 0 Å². The third-order valence-electron chi connectivity index (χ3n) is 4.38. The predicted molar refractivity (Wildman–Crippen MR) is 63.6 cm³/mol.